The number of ether oxygens (including phenoxy) is 1. The SMILES string of the molecule is Cc1noc(COC2CN(C(C)CCc3ccccc3F)C2)n1. The van der Waals surface area contributed by atoms with Gasteiger partial charge in [0.25, 0.3) is 5.89 Å². The number of hydrogen-bond acceptors (Lipinski definition) is 5. The molecule has 1 unspecified atom stereocenters. The van der Waals surface area contributed by atoms with Gasteiger partial charge >= 0.3 is 0 Å². The predicted molar refractivity (Wildman–Crippen MR) is 83.4 cm³/mol. The Labute approximate surface area is 135 Å². The highest BCUT2D eigenvalue weighted by molar-refractivity contribution is 5.17. The van der Waals surface area contributed by atoms with Crippen molar-refractivity contribution >= 4 is 0 Å². The van der Waals surface area contributed by atoms with Gasteiger partial charge in [0.15, 0.2) is 5.82 Å². The van der Waals surface area contributed by atoms with E-state index in [-0.39, 0.29) is 11.9 Å². The molecule has 0 aliphatic carbocycles. The third kappa shape index (κ3) is 4.14. The van der Waals surface area contributed by atoms with Crippen LogP contribution in [0.3, 0.4) is 0 Å². The Morgan fingerprint density at radius 1 is 1.39 bits per heavy atom. The van der Waals surface area contributed by atoms with Crippen LogP contribution >= 0.6 is 0 Å². The molecule has 2 aromatic rings. The van der Waals surface area contributed by atoms with Gasteiger partial charge in [-0.25, -0.2) is 4.39 Å². The van der Waals surface area contributed by atoms with Crippen LogP contribution in [0.2, 0.25) is 0 Å². The van der Waals surface area contributed by atoms with Gasteiger partial charge in [-0.05, 0) is 38.3 Å². The topological polar surface area (TPSA) is 51.4 Å². The lowest BCUT2D eigenvalue weighted by Crippen LogP contribution is -2.55. The fourth-order valence-electron chi connectivity index (χ4n) is 2.77. The zero-order chi connectivity index (χ0) is 16.2. The van der Waals surface area contributed by atoms with E-state index in [9.17, 15) is 4.39 Å². The normalized spacial score (nSPS) is 17.2. The van der Waals surface area contributed by atoms with E-state index >= 15 is 0 Å². The average molecular weight is 319 g/mol. The minimum Gasteiger partial charge on any atom is -0.366 e. The molecule has 1 aliphatic heterocycles. The van der Waals surface area contributed by atoms with Crippen molar-refractivity contribution in [2.45, 2.75) is 45.4 Å². The summed E-state index contributed by atoms with van der Waals surface area (Å²) >= 11 is 0. The summed E-state index contributed by atoms with van der Waals surface area (Å²) in [7, 11) is 0. The van der Waals surface area contributed by atoms with Crippen molar-refractivity contribution in [3.8, 4) is 0 Å². The molecule has 0 radical (unpaired) electrons. The summed E-state index contributed by atoms with van der Waals surface area (Å²) in [6.07, 6.45) is 1.91. The molecule has 5 nitrogen and oxygen atoms in total. The van der Waals surface area contributed by atoms with E-state index in [1.807, 2.05) is 12.1 Å². The Kier molecular flexibility index (Phi) is 5.03. The lowest BCUT2D eigenvalue weighted by atomic mass is 10.0. The van der Waals surface area contributed by atoms with Crippen molar-refractivity contribution in [2.75, 3.05) is 13.1 Å². The van der Waals surface area contributed by atoms with E-state index < -0.39 is 0 Å². The zero-order valence-electron chi connectivity index (χ0n) is 13.5. The largest absolute Gasteiger partial charge is 0.366 e. The highest BCUT2D eigenvalue weighted by Gasteiger charge is 2.31. The first-order valence-corrected chi connectivity index (χ1v) is 8.00. The first-order valence-electron chi connectivity index (χ1n) is 8.00. The van der Waals surface area contributed by atoms with Gasteiger partial charge in [0, 0.05) is 19.1 Å². The number of rotatable bonds is 7. The van der Waals surface area contributed by atoms with Crippen molar-refractivity contribution in [3.63, 3.8) is 0 Å². The van der Waals surface area contributed by atoms with E-state index in [1.165, 1.54) is 6.07 Å². The predicted octanol–water partition coefficient (Wildman–Crippen LogP) is 2.74. The molecular weight excluding hydrogens is 297 g/mol. The molecule has 0 amide bonds. The summed E-state index contributed by atoms with van der Waals surface area (Å²) in [6.45, 7) is 6.12. The maximum Gasteiger partial charge on any atom is 0.252 e. The van der Waals surface area contributed by atoms with E-state index in [0.29, 0.717) is 24.4 Å². The smallest absolute Gasteiger partial charge is 0.252 e. The van der Waals surface area contributed by atoms with Crippen LogP contribution in [0, 0.1) is 12.7 Å². The molecule has 1 atom stereocenters. The Balaban J connectivity index is 1.36. The van der Waals surface area contributed by atoms with Gasteiger partial charge < -0.3 is 9.26 Å². The standard InChI is InChI=1S/C17H22FN3O2/c1-12(7-8-14-5-3-4-6-16(14)18)21-9-15(10-21)22-11-17-19-13(2)20-23-17/h3-6,12,15H,7-11H2,1-2H3. The van der Waals surface area contributed by atoms with Gasteiger partial charge in [0.05, 0.1) is 6.10 Å². The molecule has 0 spiro atoms. The molecule has 0 N–H and O–H groups in total. The minimum atomic E-state index is -0.112. The van der Waals surface area contributed by atoms with Crippen LogP contribution in [0.15, 0.2) is 28.8 Å². The van der Waals surface area contributed by atoms with Crippen molar-refractivity contribution in [1.29, 1.82) is 0 Å². The van der Waals surface area contributed by atoms with Crippen molar-refractivity contribution < 1.29 is 13.7 Å². The summed E-state index contributed by atoms with van der Waals surface area (Å²) in [5.41, 5.74) is 0.791. The minimum absolute atomic E-state index is 0.112. The van der Waals surface area contributed by atoms with Crippen LogP contribution in [0.4, 0.5) is 4.39 Å². The highest BCUT2D eigenvalue weighted by atomic mass is 19.1. The van der Waals surface area contributed by atoms with Crippen LogP contribution in [0.5, 0.6) is 0 Å². The second kappa shape index (κ2) is 7.19. The molecule has 0 saturated carbocycles. The van der Waals surface area contributed by atoms with Crippen molar-refractivity contribution in [2.24, 2.45) is 0 Å². The fourth-order valence-corrected chi connectivity index (χ4v) is 2.77. The van der Waals surface area contributed by atoms with Gasteiger partial charge in [-0.15, -0.1) is 0 Å². The van der Waals surface area contributed by atoms with E-state index in [1.54, 1.807) is 13.0 Å². The molecule has 124 valence electrons. The Morgan fingerprint density at radius 3 is 2.87 bits per heavy atom. The molecule has 23 heavy (non-hydrogen) atoms. The van der Waals surface area contributed by atoms with Gasteiger partial charge in [0.1, 0.15) is 12.4 Å². The summed E-state index contributed by atoms with van der Waals surface area (Å²) in [6, 6.07) is 7.41. The quantitative estimate of drug-likeness (QED) is 0.785. The van der Waals surface area contributed by atoms with Crippen LogP contribution in [0.1, 0.15) is 30.6 Å². The molecule has 1 fully saturated rings. The molecule has 1 saturated heterocycles. The first-order chi connectivity index (χ1) is 11.1. The maximum atomic E-state index is 13.6. The zero-order valence-corrected chi connectivity index (χ0v) is 13.5. The second-order valence-corrected chi connectivity index (χ2v) is 6.10. The van der Waals surface area contributed by atoms with Crippen LogP contribution < -0.4 is 0 Å². The third-order valence-electron chi connectivity index (χ3n) is 4.30. The first kappa shape index (κ1) is 16.1. The molecular formula is C17H22FN3O2. The van der Waals surface area contributed by atoms with Crippen molar-refractivity contribution in [3.05, 3.63) is 47.4 Å². The molecule has 3 rings (SSSR count). The lowest BCUT2D eigenvalue weighted by Gasteiger charge is -2.42. The number of hydrogen-bond donors (Lipinski definition) is 0. The van der Waals surface area contributed by atoms with Crippen LogP contribution in [-0.2, 0) is 17.8 Å². The van der Waals surface area contributed by atoms with E-state index in [0.717, 1.165) is 31.5 Å². The summed E-state index contributed by atoms with van der Waals surface area (Å²) < 4.78 is 24.4. The molecule has 1 aromatic carbocycles. The average Bonchev–Trinajstić information content (AvgIpc) is 2.90. The van der Waals surface area contributed by atoms with Crippen LogP contribution in [-0.4, -0.2) is 40.3 Å². The van der Waals surface area contributed by atoms with E-state index in [4.69, 9.17) is 9.26 Å². The number of benzene rings is 1. The molecule has 1 aliphatic rings. The summed E-state index contributed by atoms with van der Waals surface area (Å²) in [4.78, 5) is 6.47. The monoisotopic (exact) mass is 319 g/mol. The number of likely N-dealkylation sites (tertiary alicyclic amines) is 1. The Bertz CT molecular complexity index is 640. The molecule has 0 bridgehead atoms. The Hall–Kier alpha value is -1.79. The molecule has 6 heteroatoms. The number of aromatic nitrogens is 2. The molecule has 2 heterocycles. The summed E-state index contributed by atoms with van der Waals surface area (Å²) in [5.74, 6) is 1.04. The third-order valence-corrected chi connectivity index (χ3v) is 4.30. The van der Waals surface area contributed by atoms with Crippen LogP contribution in [0.25, 0.3) is 0 Å². The second-order valence-electron chi connectivity index (χ2n) is 6.10. The highest BCUT2D eigenvalue weighted by Crippen LogP contribution is 2.20. The number of nitrogens with zero attached hydrogens (tertiary/aromatic N) is 3. The fraction of sp³-hybridized carbons (Fsp3) is 0.529. The van der Waals surface area contributed by atoms with Gasteiger partial charge in [0.2, 0.25) is 0 Å². The molecule has 1 aromatic heterocycles. The van der Waals surface area contributed by atoms with Gasteiger partial charge in [-0.2, -0.15) is 4.98 Å². The van der Waals surface area contributed by atoms with Gasteiger partial charge in [-0.3, -0.25) is 4.90 Å². The Morgan fingerprint density at radius 2 is 2.17 bits per heavy atom. The maximum absolute atomic E-state index is 13.6. The number of halogens is 1. The lowest BCUT2D eigenvalue weighted by molar-refractivity contribution is -0.0830. The number of aryl methyl sites for hydroxylation is 2. The van der Waals surface area contributed by atoms with Crippen molar-refractivity contribution in [1.82, 2.24) is 15.0 Å². The summed E-state index contributed by atoms with van der Waals surface area (Å²) in [5, 5.41) is 3.73. The van der Waals surface area contributed by atoms with Gasteiger partial charge in [-0.1, -0.05) is 23.4 Å². The van der Waals surface area contributed by atoms with E-state index in [2.05, 4.69) is 22.0 Å².